The van der Waals surface area contributed by atoms with Crippen LogP contribution in [-0.2, 0) is 13.5 Å². The number of oxazole rings is 1. The van der Waals surface area contributed by atoms with Gasteiger partial charge in [0.2, 0.25) is 0 Å². The highest BCUT2D eigenvalue weighted by Crippen LogP contribution is 2.29. The van der Waals surface area contributed by atoms with Gasteiger partial charge < -0.3 is 9.73 Å². The fourth-order valence-corrected chi connectivity index (χ4v) is 2.15. The van der Waals surface area contributed by atoms with Crippen LogP contribution in [0.5, 0.6) is 0 Å². The van der Waals surface area contributed by atoms with Crippen LogP contribution in [0.1, 0.15) is 12.6 Å². The Morgan fingerprint density at radius 1 is 1.48 bits per heavy atom. The van der Waals surface area contributed by atoms with E-state index in [0.717, 1.165) is 17.8 Å². The molecular weight excluding hydrogens is 274 g/mol. The fraction of sp³-hybridized carbons (Fsp3) is 0.231. The van der Waals surface area contributed by atoms with Crippen LogP contribution in [-0.4, -0.2) is 19.7 Å². The van der Waals surface area contributed by atoms with Crippen LogP contribution in [0.15, 0.2) is 28.8 Å². The summed E-state index contributed by atoms with van der Waals surface area (Å²) in [7, 11) is 1.82. The number of anilines is 2. The number of rotatable bonds is 4. The highest BCUT2D eigenvalue weighted by Gasteiger charge is 2.18. The summed E-state index contributed by atoms with van der Waals surface area (Å²) < 4.78 is 7.19. The van der Waals surface area contributed by atoms with Crippen molar-refractivity contribution < 1.29 is 9.34 Å². The van der Waals surface area contributed by atoms with E-state index >= 15 is 0 Å². The first-order valence-corrected chi connectivity index (χ1v) is 6.42. The number of aryl methyl sites for hydroxylation is 2. The Hall–Kier alpha value is -2.90. The van der Waals surface area contributed by atoms with Crippen molar-refractivity contribution in [1.82, 2.24) is 14.8 Å². The molecule has 0 unspecified atom stereocenters. The first-order chi connectivity index (χ1) is 10.1. The lowest BCUT2D eigenvalue weighted by Gasteiger charge is -1.98. The SMILES string of the molecule is CCc1nn(C)cc1Nc1nc2c([N+](=O)[O-])cccc2o1. The highest BCUT2D eigenvalue weighted by atomic mass is 16.6. The van der Waals surface area contributed by atoms with Crippen LogP contribution in [0, 0.1) is 10.1 Å². The van der Waals surface area contributed by atoms with E-state index in [1.165, 1.54) is 6.07 Å². The third kappa shape index (κ3) is 2.31. The maximum absolute atomic E-state index is 11.0. The molecule has 1 aromatic carbocycles. The highest BCUT2D eigenvalue weighted by molar-refractivity contribution is 5.84. The number of nitro benzene ring substituents is 1. The zero-order valence-electron chi connectivity index (χ0n) is 11.5. The van der Waals surface area contributed by atoms with E-state index in [2.05, 4.69) is 15.4 Å². The lowest BCUT2D eigenvalue weighted by atomic mass is 10.3. The van der Waals surface area contributed by atoms with Gasteiger partial charge in [-0.25, -0.2) is 0 Å². The molecule has 3 aromatic rings. The van der Waals surface area contributed by atoms with Crippen molar-refractivity contribution in [2.45, 2.75) is 13.3 Å². The molecule has 21 heavy (non-hydrogen) atoms. The van der Waals surface area contributed by atoms with Crippen molar-refractivity contribution in [1.29, 1.82) is 0 Å². The molecule has 0 aliphatic rings. The van der Waals surface area contributed by atoms with Crippen LogP contribution in [0.2, 0.25) is 0 Å². The molecule has 0 bridgehead atoms. The smallest absolute Gasteiger partial charge is 0.300 e. The van der Waals surface area contributed by atoms with E-state index < -0.39 is 4.92 Å². The Labute approximate surface area is 119 Å². The van der Waals surface area contributed by atoms with Gasteiger partial charge in [-0.1, -0.05) is 13.0 Å². The predicted molar refractivity (Wildman–Crippen MR) is 76.5 cm³/mol. The van der Waals surface area contributed by atoms with Crippen molar-refractivity contribution in [2.75, 3.05) is 5.32 Å². The van der Waals surface area contributed by atoms with Gasteiger partial charge in [0.05, 0.1) is 16.3 Å². The van der Waals surface area contributed by atoms with Gasteiger partial charge in [0.1, 0.15) is 0 Å². The van der Waals surface area contributed by atoms with E-state index in [0.29, 0.717) is 5.58 Å². The molecule has 3 rings (SSSR count). The molecule has 2 heterocycles. The van der Waals surface area contributed by atoms with Gasteiger partial charge in [-0.2, -0.15) is 10.1 Å². The third-order valence-corrected chi connectivity index (χ3v) is 3.08. The summed E-state index contributed by atoms with van der Waals surface area (Å²) in [5, 5.41) is 18.3. The maximum atomic E-state index is 11.0. The normalized spacial score (nSPS) is 11.0. The summed E-state index contributed by atoms with van der Waals surface area (Å²) in [5.41, 5.74) is 2.16. The minimum atomic E-state index is -0.476. The third-order valence-electron chi connectivity index (χ3n) is 3.08. The van der Waals surface area contributed by atoms with Crippen molar-refractivity contribution in [3.63, 3.8) is 0 Å². The zero-order chi connectivity index (χ0) is 15.0. The Morgan fingerprint density at radius 2 is 2.29 bits per heavy atom. The molecule has 0 amide bonds. The fourth-order valence-electron chi connectivity index (χ4n) is 2.15. The molecule has 0 saturated heterocycles. The zero-order valence-corrected chi connectivity index (χ0v) is 11.5. The predicted octanol–water partition coefficient (Wildman–Crippen LogP) is 2.78. The largest absolute Gasteiger partial charge is 0.423 e. The maximum Gasteiger partial charge on any atom is 0.300 e. The van der Waals surface area contributed by atoms with Gasteiger partial charge in [0.25, 0.3) is 5.69 Å². The standard InChI is InChI=1S/C13H13N5O3/c1-3-8-9(7-17(2)16-8)14-13-15-12-10(18(19)20)5-4-6-11(12)21-13/h4-7H,3H2,1-2H3,(H,14,15). The Kier molecular flexibility index (Phi) is 3.05. The van der Waals surface area contributed by atoms with Gasteiger partial charge >= 0.3 is 6.01 Å². The van der Waals surface area contributed by atoms with Gasteiger partial charge in [-0.05, 0) is 12.5 Å². The van der Waals surface area contributed by atoms with Crippen molar-refractivity contribution in [3.05, 3.63) is 40.2 Å². The lowest BCUT2D eigenvalue weighted by Crippen LogP contribution is -1.93. The molecule has 0 saturated carbocycles. The summed E-state index contributed by atoms with van der Waals surface area (Å²) in [5.74, 6) is 0. The van der Waals surface area contributed by atoms with Crippen LogP contribution < -0.4 is 5.32 Å². The number of fused-ring (bicyclic) bond motifs is 1. The number of hydrogen-bond acceptors (Lipinski definition) is 6. The minimum absolute atomic E-state index is 0.0776. The molecule has 8 nitrogen and oxygen atoms in total. The summed E-state index contributed by atoms with van der Waals surface area (Å²) in [6.45, 7) is 1.99. The molecular formula is C13H13N5O3. The number of hydrogen-bond donors (Lipinski definition) is 1. The number of para-hydroxylation sites is 1. The van der Waals surface area contributed by atoms with Gasteiger partial charge in [0.15, 0.2) is 11.1 Å². The topological polar surface area (TPSA) is 99.0 Å². The first kappa shape index (κ1) is 13.1. The number of aromatic nitrogens is 3. The average molecular weight is 287 g/mol. The number of nitrogens with one attached hydrogen (secondary N) is 1. The van der Waals surface area contributed by atoms with Crippen molar-refractivity contribution in [3.8, 4) is 0 Å². The summed E-state index contributed by atoms with van der Waals surface area (Å²) in [6.07, 6.45) is 2.56. The van der Waals surface area contributed by atoms with Crippen LogP contribution >= 0.6 is 0 Å². The monoisotopic (exact) mass is 287 g/mol. The molecule has 1 N–H and O–H groups in total. The summed E-state index contributed by atoms with van der Waals surface area (Å²) >= 11 is 0. The van der Waals surface area contributed by atoms with Gasteiger partial charge in [-0.15, -0.1) is 0 Å². The molecule has 2 aromatic heterocycles. The molecule has 108 valence electrons. The van der Waals surface area contributed by atoms with Crippen molar-refractivity contribution in [2.24, 2.45) is 7.05 Å². The Bertz CT molecular complexity index is 820. The molecule has 8 heteroatoms. The summed E-state index contributed by atoms with van der Waals surface area (Å²) in [6, 6.07) is 4.82. The second kappa shape index (κ2) is 4.89. The first-order valence-electron chi connectivity index (χ1n) is 6.42. The van der Waals surface area contributed by atoms with Gasteiger partial charge in [-0.3, -0.25) is 14.8 Å². The second-order valence-corrected chi connectivity index (χ2v) is 4.54. The van der Waals surface area contributed by atoms with E-state index in [4.69, 9.17) is 4.42 Å². The Balaban J connectivity index is 2.02. The quantitative estimate of drug-likeness (QED) is 0.585. The van der Waals surface area contributed by atoms with Gasteiger partial charge in [0, 0.05) is 19.3 Å². The molecule has 0 radical (unpaired) electrons. The van der Waals surface area contributed by atoms with Crippen LogP contribution in [0.4, 0.5) is 17.4 Å². The Morgan fingerprint density at radius 3 is 3.00 bits per heavy atom. The van der Waals surface area contributed by atoms with Crippen LogP contribution in [0.3, 0.4) is 0 Å². The second-order valence-electron chi connectivity index (χ2n) is 4.54. The number of nitro groups is 1. The van der Waals surface area contributed by atoms with Crippen LogP contribution in [0.25, 0.3) is 11.1 Å². The molecule has 0 fully saturated rings. The molecule has 0 aliphatic heterocycles. The van der Waals surface area contributed by atoms with E-state index in [1.807, 2.05) is 20.2 Å². The molecule has 0 spiro atoms. The lowest BCUT2D eigenvalue weighted by molar-refractivity contribution is -0.383. The van der Waals surface area contributed by atoms with E-state index in [1.54, 1.807) is 16.8 Å². The summed E-state index contributed by atoms with van der Waals surface area (Å²) in [4.78, 5) is 14.7. The number of benzene rings is 1. The average Bonchev–Trinajstić information content (AvgIpc) is 3.00. The number of nitrogens with zero attached hydrogens (tertiary/aromatic N) is 4. The minimum Gasteiger partial charge on any atom is -0.423 e. The molecule has 0 atom stereocenters. The molecule has 0 aliphatic carbocycles. The van der Waals surface area contributed by atoms with E-state index in [-0.39, 0.29) is 17.2 Å². The van der Waals surface area contributed by atoms with Crippen molar-refractivity contribution >= 4 is 28.5 Å². The van der Waals surface area contributed by atoms with E-state index in [9.17, 15) is 10.1 Å². The number of non-ortho nitro benzene ring substituents is 1.